The van der Waals surface area contributed by atoms with Crippen LogP contribution in [0.25, 0.3) is 10.9 Å². The first-order valence-electron chi connectivity index (χ1n) is 7.51. The Labute approximate surface area is 162 Å². The molecule has 0 saturated heterocycles. The molecule has 0 amide bonds. The smallest absolute Gasteiger partial charge is 0.418 e. The quantitative estimate of drug-likeness (QED) is 0.568. The second-order valence-corrected chi connectivity index (χ2v) is 5.56. The van der Waals surface area contributed by atoms with Crippen molar-refractivity contribution in [2.45, 2.75) is 6.18 Å². The number of benzene rings is 2. The van der Waals surface area contributed by atoms with Gasteiger partial charge in [-0.05, 0) is 30.3 Å². The molecule has 6 nitrogen and oxygen atoms in total. The predicted molar refractivity (Wildman–Crippen MR) is 97.6 cm³/mol. The summed E-state index contributed by atoms with van der Waals surface area (Å²) in [4.78, 5) is 26.1. The number of pyridine rings is 1. The van der Waals surface area contributed by atoms with Gasteiger partial charge in [-0.1, -0.05) is 12.1 Å². The van der Waals surface area contributed by atoms with Crippen molar-refractivity contribution in [1.82, 2.24) is 4.98 Å². The van der Waals surface area contributed by atoms with Gasteiger partial charge < -0.3 is 15.5 Å². The lowest BCUT2D eigenvalue weighted by Crippen LogP contribution is -2.09. The summed E-state index contributed by atoms with van der Waals surface area (Å²) in [6, 6.07) is 8.70. The fourth-order valence-electron chi connectivity index (χ4n) is 2.59. The highest BCUT2D eigenvalue weighted by Crippen LogP contribution is 2.37. The van der Waals surface area contributed by atoms with Gasteiger partial charge >= 0.3 is 18.1 Å². The molecule has 3 rings (SSSR count). The van der Waals surface area contributed by atoms with Gasteiger partial charge in [0.1, 0.15) is 5.56 Å². The Kier molecular flexibility index (Phi) is 5.79. The molecule has 1 heterocycles. The Hall–Kier alpha value is -3.33. The number of hydrogen-bond donors (Lipinski definition) is 3. The fraction of sp³-hybridized carbons (Fsp3) is 0.0556. The number of aromatic carboxylic acids is 2. The number of carboxylic acid groups (broad SMARTS) is 2. The molecule has 0 atom stereocenters. The van der Waals surface area contributed by atoms with E-state index < -0.39 is 23.7 Å². The van der Waals surface area contributed by atoms with Crippen LogP contribution >= 0.6 is 12.4 Å². The number of alkyl halides is 3. The van der Waals surface area contributed by atoms with E-state index in [-0.39, 0.29) is 40.1 Å². The minimum absolute atomic E-state index is 0. The second-order valence-electron chi connectivity index (χ2n) is 5.56. The first kappa shape index (κ1) is 21.0. The van der Waals surface area contributed by atoms with Crippen LogP contribution in [0.2, 0.25) is 0 Å². The molecule has 0 aliphatic rings. The molecule has 3 aromatic rings. The standard InChI is InChI=1S/C18H11F3N2O4.ClH/c19-18(20,21)13-3-1-2-11-14(12(17(26)27)8-22-15(11)13)23-10-6-4-9(5-7-10)16(24)25;/h1-8H,(H,22,23)(H,24,25)(H,26,27);1H. The molecule has 0 aliphatic heterocycles. The van der Waals surface area contributed by atoms with Gasteiger partial charge in [0.25, 0.3) is 0 Å². The van der Waals surface area contributed by atoms with E-state index in [9.17, 15) is 27.9 Å². The topological polar surface area (TPSA) is 99.5 Å². The molecule has 0 spiro atoms. The van der Waals surface area contributed by atoms with Gasteiger partial charge in [-0.25, -0.2) is 9.59 Å². The highest BCUT2D eigenvalue weighted by molar-refractivity contribution is 6.06. The highest BCUT2D eigenvalue weighted by atomic mass is 35.5. The van der Waals surface area contributed by atoms with Crippen molar-refractivity contribution in [1.29, 1.82) is 0 Å². The minimum atomic E-state index is -4.66. The zero-order chi connectivity index (χ0) is 19.8. The summed E-state index contributed by atoms with van der Waals surface area (Å²) in [5, 5.41) is 21.0. The highest BCUT2D eigenvalue weighted by Gasteiger charge is 2.34. The first-order chi connectivity index (χ1) is 12.7. The van der Waals surface area contributed by atoms with Crippen LogP contribution in [0.5, 0.6) is 0 Å². The number of nitrogens with zero attached hydrogens (tertiary/aromatic N) is 1. The molecule has 0 bridgehead atoms. The summed E-state index contributed by atoms with van der Waals surface area (Å²) in [7, 11) is 0. The Morgan fingerprint density at radius 3 is 2.14 bits per heavy atom. The van der Waals surface area contributed by atoms with E-state index in [1.807, 2.05) is 0 Å². The van der Waals surface area contributed by atoms with E-state index in [2.05, 4.69) is 10.3 Å². The predicted octanol–water partition coefficient (Wildman–Crippen LogP) is 4.82. The fourth-order valence-corrected chi connectivity index (χ4v) is 2.59. The van der Waals surface area contributed by atoms with Gasteiger partial charge in [0.2, 0.25) is 0 Å². The summed E-state index contributed by atoms with van der Waals surface area (Å²) in [5.74, 6) is -2.51. The summed E-state index contributed by atoms with van der Waals surface area (Å²) in [6.45, 7) is 0. The molecule has 0 fully saturated rings. The lowest BCUT2D eigenvalue weighted by atomic mass is 10.0. The molecule has 10 heteroatoms. The number of aromatic nitrogens is 1. The normalized spacial score (nSPS) is 11.0. The zero-order valence-corrected chi connectivity index (χ0v) is 14.6. The SMILES string of the molecule is Cl.O=C(O)c1ccc(Nc2c(C(=O)O)cnc3c(C(F)(F)F)cccc23)cc1. The van der Waals surface area contributed by atoms with Crippen LogP contribution in [0.3, 0.4) is 0 Å². The third-order valence-electron chi connectivity index (χ3n) is 3.83. The number of rotatable bonds is 4. The molecule has 0 saturated carbocycles. The monoisotopic (exact) mass is 412 g/mol. The van der Waals surface area contributed by atoms with Gasteiger partial charge in [-0.3, -0.25) is 4.98 Å². The number of para-hydroxylation sites is 1. The van der Waals surface area contributed by atoms with Crippen molar-refractivity contribution in [3.8, 4) is 0 Å². The maximum atomic E-state index is 13.2. The molecule has 2 aromatic carbocycles. The number of nitrogens with one attached hydrogen (secondary N) is 1. The summed E-state index contributed by atoms with van der Waals surface area (Å²) in [5.41, 5.74) is -1.43. The van der Waals surface area contributed by atoms with Crippen molar-refractivity contribution in [3.05, 3.63) is 65.4 Å². The summed E-state index contributed by atoms with van der Waals surface area (Å²) < 4.78 is 39.7. The van der Waals surface area contributed by atoms with Crippen LogP contribution in [0, 0.1) is 0 Å². The van der Waals surface area contributed by atoms with Gasteiger partial charge in [0.15, 0.2) is 0 Å². The van der Waals surface area contributed by atoms with E-state index >= 15 is 0 Å². The van der Waals surface area contributed by atoms with Crippen molar-refractivity contribution in [2.24, 2.45) is 0 Å². The Morgan fingerprint density at radius 1 is 0.964 bits per heavy atom. The largest absolute Gasteiger partial charge is 0.478 e. The first-order valence-corrected chi connectivity index (χ1v) is 7.51. The van der Waals surface area contributed by atoms with E-state index in [0.29, 0.717) is 5.69 Å². The number of carbonyl (C=O) groups is 2. The average Bonchev–Trinajstić information content (AvgIpc) is 2.60. The van der Waals surface area contributed by atoms with Gasteiger partial charge in [0, 0.05) is 17.3 Å². The molecule has 1 aromatic heterocycles. The van der Waals surface area contributed by atoms with Crippen LogP contribution in [0.4, 0.5) is 24.5 Å². The van der Waals surface area contributed by atoms with E-state index in [4.69, 9.17) is 5.11 Å². The van der Waals surface area contributed by atoms with Gasteiger partial charge in [-0.2, -0.15) is 13.2 Å². The molecular formula is C18H12ClF3N2O4. The second kappa shape index (κ2) is 7.73. The third-order valence-corrected chi connectivity index (χ3v) is 3.83. The number of halogens is 4. The molecule has 146 valence electrons. The maximum Gasteiger partial charge on any atom is 0.418 e. The van der Waals surface area contributed by atoms with Crippen molar-refractivity contribution >= 4 is 46.6 Å². The van der Waals surface area contributed by atoms with Gasteiger partial charge in [0.05, 0.1) is 22.3 Å². The summed E-state index contributed by atoms with van der Waals surface area (Å²) >= 11 is 0. The average molecular weight is 413 g/mol. The molecule has 28 heavy (non-hydrogen) atoms. The van der Waals surface area contributed by atoms with Crippen LogP contribution in [0.15, 0.2) is 48.7 Å². The number of hydrogen-bond acceptors (Lipinski definition) is 4. The van der Waals surface area contributed by atoms with Crippen molar-refractivity contribution in [2.75, 3.05) is 5.32 Å². The van der Waals surface area contributed by atoms with Crippen molar-refractivity contribution < 1.29 is 33.0 Å². The lowest BCUT2D eigenvalue weighted by Gasteiger charge is -2.15. The Morgan fingerprint density at radius 2 is 1.61 bits per heavy atom. The molecular weight excluding hydrogens is 401 g/mol. The van der Waals surface area contributed by atoms with Crippen LogP contribution in [0.1, 0.15) is 26.3 Å². The Balaban J connectivity index is 0.00000280. The van der Waals surface area contributed by atoms with Crippen molar-refractivity contribution in [3.63, 3.8) is 0 Å². The summed E-state index contributed by atoms with van der Waals surface area (Å²) in [6.07, 6.45) is -3.80. The third kappa shape index (κ3) is 3.99. The van der Waals surface area contributed by atoms with Gasteiger partial charge in [-0.15, -0.1) is 12.4 Å². The lowest BCUT2D eigenvalue weighted by molar-refractivity contribution is -0.136. The Bertz CT molecular complexity index is 1050. The number of carboxylic acids is 2. The molecule has 3 N–H and O–H groups in total. The molecule has 0 radical (unpaired) electrons. The van der Waals surface area contributed by atoms with E-state index in [1.54, 1.807) is 0 Å². The van der Waals surface area contributed by atoms with E-state index in [0.717, 1.165) is 18.3 Å². The molecule has 0 unspecified atom stereocenters. The molecule has 0 aliphatic carbocycles. The number of anilines is 2. The zero-order valence-electron chi connectivity index (χ0n) is 13.8. The van der Waals surface area contributed by atoms with Crippen LogP contribution in [-0.2, 0) is 6.18 Å². The minimum Gasteiger partial charge on any atom is -0.478 e. The van der Waals surface area contributed by atoms with E-state index in [1.165, 1.54) is 30.3 Å². The number of fused-ring (bicyclic) bond motifs is 1. The maximum absolute atomic E-state index is 13.2. The van der Waals surface area contributed by atoms with Crippen LogP contribution in [-0.4, -0.2) is 27.1 Å². The van der Waals surface area contributed by atoms with Crippen LogP contribution < -0.4 is 5.32 Å².